The van der Waals surface area contributed by atoms with Crippen molar-refractivity contribution in [3.05, 3.63) is 69.5 Å². The van der Waals surface area contributed by atoms with Crippen LogP contribution < -0.4 is 5.56 Å². The van der Waals surface area contributed by atoms with Crippen molar-refractivity contribution in [1.29, 1.82) is 0 Å². The van der Waals surface area contributed by atoms with Crippen LogP contribution in [-0.2, 0) is 11.2 Å². The highest BCUT2D eigenvalue weighted by atomic mass is 19.1. The number of hydrogen-bond acceptors (Lipinski definition) is 5. The minimum Gasteiger partial charge on any atom is -0.465 e. The number of ether oxygens (including phenoxy) is 1. The fourth-order valence-corrected chi connectivity index (χ4v) is 2.32. The summed E-state index contributed by atoms with van der Waals surface area (Å²) in [6.07, 6.45) is 1.85. The quantitative estimate of drug-likeness (QED) is 0.746. The molecule has 0 aliphatic rings. The third kappa shape index (κ3) is 2.80. The van der Waals surface area contributed by atoms with E-state index in [-0.39, 0.29) is 17.5 Å². The van der Waals surface area contributed by atoms with Crippen molar-refractivity contribution in [2.24, 2.45) is 0 Å². The predicted molar refractivity (Wildman–Crippen MR) is 80.7 cm³/mol. The Morgan fingerprint density at radius 2 is 2.17 bits per heavy atom. The van der Waals surface area contributed by atoms with Gasteiger partial charge in [-0.15, -0.1) is 0 Å². The summed E-state index contributed by atoms with van der Waals surface area (Å²) >= 11 is 0. The minimum absolute atomic E-state index is 0.147. The van der Waals surface area contributed by atoms with Crippen LogP contribution >= 0.6 is 0 Å². The second-order valence-electron chi connectivity index (χ2n) is 4.88. The monoisotopic (exact) mass is 313 g/mol. The summed E-state index contributed by atoms with van der Waals surface area (Å²) < 4.78 is 18.2. The summed E-state index contributed by atoms with van der Waals surface area (Å²) in [5.74, 6) is -1.40. The SMILES string of the molecule is COC(=O)c1cc(Cc2n[nH]c(=O)c3cccnc23)ccc1F. The zero-order chi connectivity index (χ0) is 16.4. The Balaban J connectivity index is 2.05. The topological polar surface area (TPSA) is 84.9 Å². The Morgan fingerprint density at radius 3 is 2.96 bits per heavy atom. The molecule has 1 aromatic carbocycles. The van der Waals surface area contributed by atoms with Crippen LogP contribution in [0.5, 0.6) is 0 Å². The first kappa shape index (κ1) is 14.8. The van der Waals surface area contributed by atoms with Crippen molar-refractivity contribution in [3.63, 3.8) is 0 Å². The van der Waals surface area contributed by atoms with Gasteiger partial charge in [-0.25, -0.2) is 14.3 Å². The van der Waals surface area contributed by atoms with Gasteiger partial charge < -0.3 is 4.74 Å². The molecular formula is C16H12FN3O3. The van der Waals surface area contributed by atoms with Crippen LogP contribution in [0.3, 0.4) is 0 Å². The fourth-order valence-electron chi connectivity index (χ4n) is 2.32. The van der Waals surface area contributed by atoms with Gasteiger partial charge in [0, 0.05) is 12.6 Å². The molecule has 0 aliphatic heterocycles. The molecular weight excluding hydrogens is 301 g/mol. The number of hydrogen-bond donors (Lipinski definition) is 1. The number of methoxy groups -OCH3 is 1. The van der Waals surface area contributed by atoms with Crippen LogP contribution in [0.15, 0.2) is 41.3 Å². The normalized spacial score (nSPS) is 10.7. The van der Waals surface area contributed by atoms with Gasteiger partial charge in [-0.1, -0.05) is 6.07 Å². The fraction of sp³-hybridized carbons (Fsp3) is 0.125. The highest BCUT2D eigenvalue weighted by Gasteiger charge is 2.14. The van der Waals surface area contributed by atoms with Gasteiger partial charge in [0.15, 0.2) is 0 Å². The van der Waals surface area contributed by atoms with Crippen LogP contribution in [0.25, 0.3) is 10.9 Å². The average molecular weight is 313 g/mol. The lowest BCUT2D eigenvalue weighted by Gasteiger charge is -2.07. The van der Waals surface area contributed by atoms with Crippen molar-refractivity contribution >= 4 is 16.9 Å². The zero-order valence-electron chi connectivity index (χ0n) is 12.2. The molecule has 0 bridgehead atoms. The third-order valence-electron chi connectivity index (χ3n) is 3.43. The highest BCUT2D eigenvalue weighted by Crippen LogP contribution is 2.17. The Bertz CT molecular complexity index is 953. The molecule has 0 amide bonds. The van der Waals surface area contributed by atoms with Crippen molar-refractivity contribution < 1.29 is 13.9 Å². The number of rotatable bonds is 3. The maximum absolute atomic E-state index is 13.7. The predicted octanol–water partition coefficient (Wildman–Crippen LogP) is 1.83. The van der Waals surface area contributed by atoms with Gasteiger partial charge in [0.2, 0.25) is 0 Å². The highest BCUT2D eigenvalue weighted by molar-refractivity contribution is 5.89. The second-order valence-corrected chi connectivity index (χ2v) is 4.88. The number of aromatic amines is 1. The smallest absolute Gasteiger partial charge is 0.340 e. The molecule has 0 unspecified atom stereocenters. The molecule has 7 heteroatoms. The molecule has 3 rings (SSSR count). The first-order valence-corrected chi connectivity index (χ1v) is 6.79. The zero-order valence-corrected chi connectivity index (χ0v) is 12.2. The van der Waals surface area contributed by atoms with E-state index in [9.17, 15) is 14.0 Å². The van der Waals surface area contributed by atoms with E-state index < -0.39 is 11.8 Å². The lowest BCUT2D eigenvalue weighted by Crippen LogP contribution is -2.12. The lowest BCUT2D eigenvalue weighted by atomic mass is 10.0. The molecule has 0 spiro atoms. The van der Waals surface area contributed by atoms with Gasteiger partial charge in [0.05, 0.1) is 29.3 Å². The van der Waals surface area contributed by atoms with E-state index in [1.54, 1.807) is 24.4 Å². The number of nitrogens with zero attached hydrogens (tertiary/aromatic N) is 2. The van der Waals surface area contributed by atoms with Crippen molar-refractivity contribution in [3.8, 4) is 0 Å². The van der Waals surface area contributed by atoms with Crippen LogP contribution in [0.4, 0.5) is 4.39 Å². The molecule has 23 heavy (non-hydrogen) atoms. The van der Waals surface area contributed by atoms with Crippen molar-refractivity contribution in [2.75, 3.05) is 7.11 Å². The molecule has 0 radical (unpaired) electrons. The lowest BCUT2D eigenvalue weighted by molar-refractivity contribution is 0.0595. The van der Waals surface area contributed by atoms with Gasteiger partial charge in [-0.3, -0.25) is 9.78 Å². The number of pyridine rings is 1. The second kappa shape index (κ2) is 5.96. The van der Waals surface area contributed by atoms with E-state index >= 15 is 0 Å². The number of halogens is 1. The van der Waals surface area contributed by atoms with Crippen LogP contribution in [0.1, 0.15) is 21.6 Å². The van der Waals surface area contributed by atoms with E-state index in [2.05, 4.69) is 19.9 Å². The first-order valence-electron chi connectivity index (χ1n) is 6.79. The summed E-state index contributed by atoms with van der Waals surface area (Å²) in [6, 6.07) is 7.46. The van der Waals surface area contributed by atoms with E-state index in [1.165, 1.54) is 19.2 Å². The summed E-state index contributed by atoms with van der Waals surface area (Å²) in [4.78, 5) is 27.5. The van der Waals surface area contributed by atoms with Gasteiger partial charge in [-0.2, -0.15) is 5.10 Å². The molecule has 0 atom stereocenters. The third-order valence-corrected chi connectivity index (χ3v) is 3.43. The van der Waals surface area contributed by atoms with Crippen molar-refractivity contribution in [1.82, 2.24) is 15.2 Å². The van der Waals surface area contributed by atoms with Gasteiger partial charge in [-0.05, 0) is 29.8 Å². The van der Waals surface area contributed by atoms with E-state index in [0.29, 0.717) is 22.2 Å². The maximum atomic E-state index is 13.7. The van der Waals surface area contributed by atoms with Crippen molar-refractivity contribution in [2.45, 2.75) is 6.42 Å². The summed E-state index contributed by atoms with van der Waals surface area (Å²) in [5.41, 5.74) is 1.18. The average Bonchev–Trinajstić information content (AvgIpc) is 2.58. The molecule has 116 valence electrons. The molecule has 0 saturated heterocycles. The molecule has 0 aliphatic carbocycles. The molecule has 3 aromatic rings. The number of aromatic nitrogens is 3. The number of carbonyl (C=O) groups excluding carboxylic acids is 1. The van der Waals surface area contributed by atoms with Crippen LogP contribution in [0.2, 0.25) is 0 Å². The van der Waals surface area contributed by atoms with Gasteiger partial charge >= 0.3 is 5.97 Å². The number of carbonyl (C=O) groups is 1. The molecule has 1 N–H and O–H groups in total. The van der Waals surface area contributed by atoms with E-state index in [0.717, 1.165) is 0 Å². The largest absolute Gasteiger partial charge is 0.465 e. The molecule has 6 nitrogen and oxygen atoms in total. The molecule has 2 heterocycles. The maximum Gasteiger partial charge on any atom is 0.340 e. The Labute approximate surface area is 129 Å². The molecule has 0 fully saturated rings. The van der Waals surface area contributed by atoms with Crippen LogP contribution in [-0.4, -0.2) is 28.3 Å². The Hall–Kier alpha value is -3.09. The van der Waals surface area contributed by atoms with Gasteiger partial charge in [0.1, 0.15) is 5.82 Å². The summed E-state index contributed by atoms with van der Waals surface area (Å²) in [6.45, 7) is 0. The standard InChI is InChI=1S/C16H12FN3O3/c1-23-16(22)11-7-9(4-5-12(11)17)8-13-14-10(3-2-6-18-14)15(21)20-19-13/h2-7H,8H2,1H3,(H,20,21). The number of esters is 1. The van der Waals surface area contributed by atoms with Crippen LogP contribution in [0, 0.1) is 5.82 Å². The Morgan fingerprint density at radius 1 is 1.35 bits per heavy atom. The number of benzene rings is 1. The van der Waals surface area contributed by atoms with E-state index in [4.69, 9.17) is 0 Å². The minimum atomic E-state index is -0.748. The van der Waals surface area contributed by atoms with Gasteiger partial charge in [0.25, 0.3) is 5.56 Å². The van der Waals surface area contributed by atoms with E-state index in [1.807, 2.05) is 0 Å². The summed E-state index contributed by atoms with van der Waals surface area (Å²) in [7, 11) is 1.19. The Kier molecular flexibility index (Phi) is 3.84. The molecule has 2 aromatic heterocycles. The molecule has 0 saturated carbocycles. The number of fused-ring (bicyclic) bond motifs is 1. The summed E-state index contributed by atoms with van der Waals surface area (Å²) in [5, 5.41) is 6.84. The first-order chi connectivity index (χ1) is 11.1. The number of nitrogens with one attached hydrogen (secondary N) is 1. The number of H-pyrrole nitrogens is 1.